The van der Waals surface area contributed by atoms with Crippen molar-refractivity contribution in [2.75, 3.05) is 80.7 Å². The van der Waals surface area contributed by atoms with Crippen molar-refractivity contribution in [2.24, 2.45) is 16.2 Å². The van der Waals surface area contributed by atoms with Gasteiger partial charge in [-0.2, -0.15) is 41.3 Å². The molecule has 707 valence electrons. The Morgan fingerprint density at radius 3 is 1.12 bits per heavy atom. The van der Waals surface area contributed by atoms with Crippen molar-refractivity contribution in [1.29, 1.82) is 0 Å². The predicted molar refractivity (Wildman–Crippen MR) is 458 cm³/mol. The summed E-state index contributed by atoms with van der Waals surface area (Å²) in [5.74, 6) is -0.138. The van der Waals surface area contributed by atoms with Gasteiger partial charge in [-0.15, -0.1) is 9.05 Å². The number of imidazole rings is 3. The number of anilines is 3. The second kappa shape index (κ2) is 43.4. The Hall–Kier alpha value is -7.57. The van der Waals surface area contributed by atoms with Crippen LogP contribution in [0.1, 0.15) is 137 Å². The fourth-order valence-corrected chi connectivity index (χ4v) is 18.2. The molecule has 0 bridgehead atoms. The van der Waals surface area contributed by atoms with E-state index < -0.39 is 165 Å². The highest BCUT2D eigenvalue weighted by molar-refractivity contribution is 8.14. The number of aliphatic hydroxyl groups is 7. The second-order valence-corrected chi connectivity index (χ2v) is 39.3. The van der Waals surface area contributed by atoms with Crippen molar-refractivity contribution >= 4 is 134 Å². The molecule has 3 aliphatic rings. The van der Waals surface area contributed by atoms with Crippen LogP contribution in [-0.4, -0.2) is 235 Å². The lowest BCUT2D eigenvalue weighted by molar-refractivity contribution is -0.138. The summed E-state index contributed by atoms with van der Waals surface area (Å²) < 4.78 is 171. The molecule has 6 aromatic heterocycles. The zero-order valence-corrected chi connectivity index (χ0v) is 75.2. The maximum Gasteiger partial charge on any atom is 0.697 e. The van der Waals surface area contributed by atoms with Crippen LogP contribution in [0.15, 0.2) is 81.9 Å². The highest BCUT2D eigenvalue weighted by atomic mass is 32.2. The summed E-state index contributed by atoms with van der Waals surface area (Å²) in [5.41, 5.74) is 5.92. The minimum Gasteiger partial charge on any atom is -0.395 e. The number of carbonyl (C=O) groups is 3. The first kappa shape index (κ1) is 107. The quantitative estimate of drug-likeness (QED) is 0.00845. The fraction of sp³-hybridized carbons (Fsp3) is 0.589. The zero-order chi connectivity index (χ0) is 93.4. The number of ether oxygens (including phenoxy) is 3. The van der Waals surface area contributed by atoms with Crippen LogP contribution in [0.2, 0.25) is 0 Å². The highest BCUT2D eigenvalue weighted by Gasteiger charge is 2.57. The van der Waals surface area contributed by atoms with Gasteiger partial charge in [-0.1, -0.05) is 109 Å². The van der Waals surface area contributed by atoms with E-state index in [1.54, 1.807) is 27.7 Å². The molecule has 15 atom stereocenters. The number of carbonyl (C=O) groups excluding carboxylic acids is 3. The molecule has 128 heavy (non-hydrogen) atoms. The van der Waals surface area contributed by atoms with Crippen LogP contribution >= 0.6 is 59.0 Å². The van der Waals surface area contributed by atoms with Gasteiger partial charge < -0.3 is 67.2 Å². The van der Waals surface area contributed by atoms with E-state index in [9.17, 15) is 105 Å². The van der Waals surface area contributed by atoms with Crippen LogP contribution in [0.4, 0.5) is 44.2 Å². The molecule has 0 saturated carbocycles. The molecule has 0 spiro atoms. The molecule has 3 aliphatic heterocycles. The third-order valence-electron chi connectivity index (χ3n) is 20.5. The molecule has 3 saturated heterocycles. The van der Waals surface area contributed by atoms with Gasteiger partial charge in [0.15, 0.2) is 67.5 Å². The number of H-pyrrole nitrogens is 3. The SMILES string of the molecule is C.CC(C)(CO)C(=O)SCCOP(=O)(NCc1ccc(C(F)(F)F)cc1)OC[C@H]1O[C@@H](n2cnc3c(=O)[nH]c(N)nc32)C(C)(O)[C@H]1O.CCC(C)(C)C(=O)SCCOP(=O)(NCc1ccc(C(F)(F)F)cc1)OC[C@H]1O[C@@H](n2cnc3c(=O)[nH]c(N)nc32)C(C)(O)[C@H]1O.CCC(C)(C)C(=O)SCCO[P+](=O)OC[C@H]1O[C@@H](n2cnc3c(=O)[nH]c(N)nc32)C(C)(O)[C@H]1O.[B]. The molecule has 55 heteroatoms. The molecule has 0 amide bonds. The number of hydrogen-bond acceptors (Lipinski definition) is 37. The largest absolute Gasteiger partial charge is 0.697 e. The Morgan fingerprint density at radius 1 is 0.523 bits per heavy atom. The topological polar surface area (TPSA) is 620 Å². The van der Waals surface area contributed by atoms with E-state index in [2.05, 4.69) is 55.0 Å². The van der Waals surface area contributed by atoms with Crippen LogP contribution in [0.5, 0.6) is 0 Å². The number of fused-ring (bicyclic) bond motifs is 3. The monoisotopic (exact) mass is 1930 g/mol. The van der Waals surface area contributed by atoms with Gasteiger partial charge in [0.1, 0.15) is 66.6 Å². The number of halogens is 6. The Bertz CT molecular complexity index is 5220. The summed E-state index contributed by atoms with van der Waals surface area (Å²) >= 11 is 2.92. The number of thioether (sulfide) groups is 3. The van der Waals surface area contributed by atoms with E-state index in [0.717, 1.165) is 65.9 Å². The minimum atomic E-state index is -4.55. The van der Waals surface area contributed by atoms with E-state index in [4.69, 9.17) is 58.6 Å². The third-order valence-corrected chi connectivity index (χ3v) is 28.0. The van der Waals surface area contributed by atoms with Gasteiger partial charge in [-0.25, -0.2) is 34.3 Å². The van der Waals surface area contributed by atoms with E-state index in [0.29, 0.717) is 29.7 Å². The predicted octanol–water partition coefficient (Wildman–Crippen LogP) is 6.65. The molecule has 2 aromatic carbocycles. The average Bonchev–Trinajstić information content (AvgIpc) is 1.60. The summed E-state index contributed by atoms with van der Waals surface area (Å²) in [6, 6.07) is 8.23. The lowest BCUT2D eigenvalue weighted by Crippen LogP contribution is -2.44. The number of aromatic nitrogens is 12. The highest BCUT2D eigenvalue weighted by Crippen LogP contribution is 2.50. The summed E-state index contributed by atoms with van der Waals surface area (Å²) in [7, 11) is -11.1. The fourth-order valence-electron chi connectivity index (χ4n) is 12.0. The Labute approximate surface area is 742 Å². The van der Waals surface area contributed by atoms with Gasteiger partial charge in [0.25, 0.3) is 16.7 Å². The van der Waals surface area contributed by atoms with Gasteiger partial charge in [0.2, 0.25) is 17.8 Å². The van der Waals surface area contributed by atoms with Gasteiger partial charge >= 0.3 is 36.1 Å². The minimum absolute atomic E-state index is 0. The summed E-state index contributed by atoms with van der Waals surface area (Å²) in [6.45, 7) is 15.2. The van der Waals surface area contributed by atoms with Gasteiger partial charge in [0.05, 0.1) is 68.6 Å². The number of nitrogen functional groups attached to an aromatic ring is 3. The number of aromatic amines is 3. The van der Waals surface area contributed by atoms with Crippen molar-refractivity contribution < 1.29 is 132 Å². The number of rotatable bonds is 36. The third kappa shape index (κ3) is 26.0. The first-order valence-corrected chi connectivity index (χ1v) is 45.6. The number of nitrogens with two attached hydrogens (primary N) is 3. The van der Waals surface area contributed by atoms with Crippen molar-refractivity contribution in [3.05, 3.63) is 121 Å². The summed E-state index contributed by atoms with van der Waals surface area (Å²) in [6.07, 6.45) is -16.4. The van der Waals surface area contributed by atoms with Crippen molar-refractivity contribution in [3.63, 3.8) is 0 Å². The zero-order valence-electron chi connectivity index (χ0n) is 70.1. The molecule has 18 N–H and O–H groups in total. The Balaban J connectivity index is 0.000000264. The molecule has 3 fully saturated rings. The smallest absolute Gasteiger partial charge is 0.395 e. The van der Waals surface area contributed by atoms with Crippen LogP contribution in [0, 0.1) is 16.2 Å². The number of alkyl halides is 6. The molecule has 6 unspecified atom stereocenters. The van der Waals surface area contributed by atoms with E-state index in [1.165, 1.54) is 71.4 Å². The normalized spacial score (nSPS) is 23.8. The van der Waals surface area contributed by atoms with Crippen molar-refractivity contribution in [1.82, 2.24) is 68.7 Å². The molecule has 42 nitrogen and oxygen atoms in total. The van der Waals surface area contributed by atoms with Crippen LogP contribution in [0.25, 0.3) is 33.5 Å². The maximum atomic E-state index is 13.8. The first-order valence-electron chi connectivity index (χ1n) is 38.4. The maximum absolute atomic E-state index is 13.8. The molecule has 3 radical (unpaired) electrons. The first-order chi connectivity index (χ1) is 58.6. The number of hydrogen-bond donors (Lipinski definition) is 15. The van der Waals surface area contributed by atoms with Crippen molar-refractivity contribution in [2.45, 2.75) is 194 Å². The van der Waals surface area contributed by atoms with Gasteiger partial charge in [0, 0.05) is 54.2 Å². The number of nitrogens with zero attached hydrogens (tertiary/aromatic N) is 9. The molecule has 0 aliphatic carbocycles. The number of aliphatic hydroxyl groups excluding tert-OH is 4. The standard InChI is InChI=1S/C27H36F3N6O8PS.C26H34F3N6O9PS.C19H28N5O8PS.CH4.B/c1-5-25(2,3)23(39)46-11-10-42-45(41,33-12-15-6-8-16(9-7-15)27(28,29)30)43-13-17-19(37)26(4,40)22(44-17)36-14-32-18-20(36)34-24(31)35-21(18)38;1-24(2,12-36)22(39)46-9-8-42-45(41,32-10-14-4-6-15(7-5-14)26(27,28)29)43-11-16-18(37)25(3,40)21(44-16)35-13-31-17-19(35)33-23(30)34-20(17)38;1-5-18(2,3)16(27)34-7-6-30-33(29)31-8-10-12(25)19(4,28)15(32-10)24-9-21-11-13(24)22-17(20)23-14(11)26;;/h6-9,14,17,19,22,37,40H,5,10-13H2,1-4H3,(H,33,41)(H3,31,34,35,38);4-7,13,16,18,21,36-37,40H,8-12H2,1-3H3,(H,32,41)(H3,30,33,34,38);9-10,12,15,25,28H,5-8H2,1-4H3,(H2-,20,22,23,26);1H4;/p+1/t17-,19+,22-,26?,45?;16-,18+,21-,25?,45?;10-,12+,15-,19?;;/m111../s1. The van der Waals surface area contributed by atoms with Crippen LogP contribution in [0.3, 0.4) is 0 Å². The lowest BCUT2D eigenvalue weighted by atomic mass is 9.92. The average molecular weight is 1930 g/mol. The summed E-state index contributed by atoms with van der Waals surface area (Å²) in [5, 5.41) is 79.8. The molecule has 9 heterocycles. The van der Waals surface area contributed by atoms with Gasteiger partial charge in [-0.3, -0.25) is 75.5 Å². The number of benzene rings is 2. The van der Waals surface area contributed by atoms with E-state index in [-0.39, 0.29) is 140 Å². The van der Waals surface area contributed by atoms with Crippen LogP contribution < -0.4 is 44.1 Å². The van der Waals surface area contributed by atoms with Gasteiger partial charge in [-0.05, 0) is 82.9 Å². The van der Waals surface area contributed by atoms with Crippen LogP contribution in [-0.2, 0) is 94.9 Å². The Kier molecular flexibility index (Phi) is 36.5. The molecule has 8 aromatic rings. The molecule has 11 rings (SSSR count). The second-order valence-electron chi connectivity index (χ2n) is 31.5. The summed E-state index contributed by atoms with van der Waals surface area (Å²) in [4.78, 5) is 104. The lowest BCUT2D eigenvalue weighted by Gasteiger charge is -2.27. The number of nitrogens with one attached hydrogen (secondary N) is 5. The van der Waals surface area contributed by atoms with E-state index in [1.807, 2.05) is 27.7 Å². The van der Waals surface area contributed by atoms with E-state index >= 15 is 0 Å². The molecular weight excluding hydrogens is 1830 g/mol. The van der Waals surface area contributed by atoms with Crippen molar-refractivity contribution in [3.8, 4) is 0 Å². The Morgan fingerprint density at radius 2 is 0.820 bits per heavy atom. The molecular formula is C73H103BF6N17O25P3S3+.